The Kier molecular flexibility index (Phi) is 4.66. The van der Waals surface area contributed by atoms with Gasteiger partial charge in [0.15, 0.2) is 0 Å². The minimum absolute atomic E-state index is 0.105. The number of primary amides is 1. The largest absolute Gasteiger partial charge is 0.369 e. The van der Waals surface area contributed by atoms with Crippen molar-refractivity contribution in [3.05, 3.63) is 0 Å². The molecule has 104 valence electrons. The first kappa shape index (κ1) is 13.9. The van der Waals surface area contributed by atoms with E-state index in [9.17, 15) is 4.79 Å². The molecule has 0 unspecified atom stereocenters. The molecule has 0 bridgehead atoms. The Hall–Kier alpha value is -0.570. The summed E-state index contributed by atoms with van der Waals surface area (Å²) in [6.07, 6.45) is 8.22. The van der Waals surface area contributed by atoms with Gasteiger partial charge in [-0.3, -0.25) is 4.79 Å². The summed E-state index contributed by atoms with van der Waals surface area (Å²) < 4.78 is 0. The number of rotatable bonds is 3. The fourth-order valence-electron chi connectivity index (χ4n) is 3.63. The normalized spacial score (nSPS) is 41.6. The molecule has 0 aromatic rings. The summed E-state index contributed by atoms with van der Waals surface area (Å²) in [5.74, 6) is 1.70. The molecule has 3 heteroatoms. The number of nitrogens with one attached hydrogen (secondary N) is 1. The van der Waals surface area contributed by atoms with Crippen LogP contribution in [0.25, 0.3) is 0 Å². The zero-order valence-electron chi connectivity index (χ0n) is 11.8. The van der Waals surface area contributed by atoms with Crippen LogP contribution in [0.4, 0.5) is 0 Å². The Morgan fingerprint density at radius 1 is 1.00 bits per heavy atom. The summed E-state index contributed by atoms with van der Waals surface area (Å²) in [4.78, 5) is 11.3. The van der Waals surface area contributed by atoms with Crippen molar-refractivity contribution in [1.29, 1.82) is 0 Å². The summed E-state index contributed by atoms with van der Waals surface area (Å²) in [5, 5.41) is 3.79. The third-order valence-corrected chi connectivity index (χ3v) is 5.15. The molecule has 2 aliphatic rings. The maximum Gasteiger partial charge on any atom is 0.220 e. The van der Waals surface area contributed by atoms with Crippen LogP contribution in [0.5, 0.6) is 0 Å². The molecule has 0 aromatic heterocycles. The van der Waals surface area contributed by atoms with Crippen molar-refractivity contribution < 1.29 is 4.79 Å². The van der Waals surface area contributed by atoms with Gasteiger partial charge in [-0.2, -0.15) is 0 Å². The third-order valence-electron chi connectivity index (χ3n) is 5.15. The first-order valence-electron chi connectivity index (χ1n) is 7.61. The molecular formula is C15H28N2O. The van der Waals surface area contributed by atoms with Crippen LogP contribution in [0.3, 0.4) is 0 Å². The van der Waals surface area contributed by atoms with Gasteiger partial charge in [0.05, 0.1) is 0 Å². The molecular weight excluding hydrogens is 224 g/mol. The Labute approximate surface area is 111 Å². The molecule has 0 radical (unpaired) electrons. The number of hydrogen-bond acceptors (Lipinski definition) is 2. The minimum Gasteiger partial charge on any atom is -0.369 e. The monoisotopic (exact) mass is 252 g/mol. The SMILES string of the molecule is C[C@@H]1CC[C@H](N[C@@H]2CCC[C@@H](C(N)=O)C2)C[C@@H]1C. The van der Waals surface area contributed by atoms with E-state index >= 15 is 0 Å². The fourth-order valence-corrected chi connectivity index (χ4v) is 3.63. The highest BCUT2D eigenvalue weighted by atomic mass is 16.1. The third kappa shape index (κ3) is 3.47. The van der Waals surface area contributed by atoms with Crippen molar-refractivity contribution in [2.45, 2.75) is 70.9 Å². The van der Waals surface area contributed by atoms with Crippen molar-refractivity contribution in [3.8, 4) is 0 Å². The van der Waals surface area contributed by atoms with Gasteiger partial charge in [0.25, 0.3) is 0 Å². The van der Waals surface area contributed by atoms with Crippen LogP contribution >= 0.6 is 0 Å². The second-order valence-electron chi connectivity index (χ2n) is 6.59. The highest BCUT2D eigenvalue weighted by Gasteiger charge is 2.30. The zero-order chi connectivity index (χ0) is 13.1. The Bertz CT molecular complexity index is 292. The molecule has 2 saturated carbocycles. The van der Waals surface area contributed by atoms with Crippen molar-refractivity contribution in [3.63, 3.8) is 0 Å². The topological polar surface area (TPSA) is 55.1 Å². The van der Waals surface area contributed by atoms with Crippen LogP contribution in [0.1, 0.15) is 58.8 Å². The molecule has 0 heterocycles. The van der Waals surface area contributed by atoms with E-state index in [-0.39, 0.29) is 11.8 Å². The first-order chi connectivity index (χ1) is 8.56. The predicted molar refractivity (Wildman–Crippen MR) is 74.0 cm³/mol. The van der Waals surface area contributed by atoms with Gasteiger partial charge in [-0.25, -0.2) is 0 Å². The van der Waals surface area contributed by atoms with Gasteiger partial charge in [0.1, 0.15) is 0 Å². The van der Waals surface area contributed by atoms with E-state index in [1.54, 1.807) is 0 Å². The first-order valence-corrected chi connectivity index (χ1v) is 7.61. The Balaban J connectivity index is 1.80. The lowest BCUT2D eigenvalue weighted by atomic mass is 9.78. The second kappa shape index (κ2) is 6.05. The van der Waals surface area contributed by atoms with E-state index in [0.717, 1.165) is 31.1 Å². The Morgan fingerprint density at radius 3 is 2.39 bits per heavy atom. The molecule has 3 nitrogen and oxygen atoms in total. The maximum atomic E-state index is 11.3. The van der Waals surface area contributed by atoms with Crippen LogP contribution < -0.4 is 11.1 Å². The highest BCUT2D eigenvalue weighted by Crippen LogP contribution is 2.31. The van der Waals surface area contributed by atoms with Crippen LogP contribution in [0, 0.1) is 17.8 Å². The standard InChI is InChI=1S/C15H28N2O/c1-10-6-7-14(8-11(10)2)17-13-5-3-4-12(9-13)15(16)18/h10-14,17H,3-9H2,1-2H3,(H2,16,18)/t10-,11+,12-,13-,14+/m1/s1. The van der Waals surface area contributed by atoms with Gasteiger partial charge < -0.3 is 11.1 Å². The molecule has 1 amide bonds. The van der Waals surface area contributed by atoms with Gasteiger partial charge in [0, 0.05) is 18.0 Å². The van der Waals surface area contributed by atoms with Gasteiger partial charge in [-0.15, -0.1) is 0 Å². The van der Waals surface area contributed by atoms with Crippen molar-refractivity contribution in [2.75, 3.05) is 0 Å². The summed E-state index contributed by atoms with van der Waals surface area (Å²) in [7, 11) is 0. The number of amides is 1. The minimum atomic E-state index is -0.105. The molecule has 0 aromatic carbocycles. The van der Waals surface area contributed by atoms with E-state index in [2.05, 4.69) is 19.2 Å². The zero-order valence-corrected chi connectivity index (χ0v) is 11.8. The summed E-state index contributed by atoms with van der Waals surface area (Å²) >= 11 is 0. The average molecular weight is 252 g/mol. The number of nitrogens with two attached hydrogens (primary N) is 1. The van der Waals surface area contributed by atoms with Crippen LogP contribution in [0.15, 0.2) is 0 Å². The quantitative estimate of drug-likeness (QED) is 0.810. The van der Waals surface area contributed by atoms with Gasteiger partial charge >= 0.3 is 0 Å². The van der Waals surface area contributed by atoms with Crippen molar-refractivity contribution in [2.24, 2.45) is 23.5 Å². The highest BCUT2D eigenvalue weighted by molar-refractivity contribution is 5.76. The molecule has 0 saturated heterocycles. The van der Waals surface area contributed by atoms with Crippen LogP contribution in [-0.4, -0.2) is 18.0 Å². The molecule has 3 N–H and O–H groups in total. The molecule has 5 atom stereocenters. The molecule has 2 rings (SSSR count). The fraction of sp³-hybridized carbons (Fsp3) is 0.933. The van der Waals surface area contributed by atoms with E-state index in [0.29, 0.717) is 12.1 Å². The average Bonchev–Trinajstić information content (AvgIpc) is 2.34. The van der Waals surface area contributed by atoms with E-state index in [4.69, 9.17) is 5.73 Å². The molecule has 2 aliphatic carbocycles. The van der Waals surface area contributed by atoms with Crippen molar-refractivity contribution >= 4 is 5.91 Å². The summed E-state index contributed by atoms with van der Waals surface area (Å²) in [6, 6.07) is 1.18. The van der Waals surface area contributed by atoms with E-state index in [1.165, 1.54) is 25.7 Å². The summed E-state index contributed by atoms with van der Waals surface area (Å²) in [5.41, 5.74) is 5.44. The lowest BCUT2D eigenvalue weighted by Crippen LogP contribution is -2.45. The van der Waals surface area contributed by atoms with Crippen molar-refractivity contribution in [1.82, 2.24) is 5.32 Å². The van der Waals surface area contributed by atoms with E-state index < -0.39 is 0 Å². The second-order valence-corrected chi connectivity index (χ2v) is 6.59. The lowest BCUT2D eigenvalue weighted by Gasteiger charge is -2.37. The van der Waals surface area contributed by atoms with Gasteiger partial charge in [-0.1, -0.05) is 20.3 Å². The lowest BCUT2D eigenvalue weighted by molar-refractivity contribution is -0.123. The van der Waals surface area contributed by atoms with E-state index in [1.807, 2.05) is 0 Å². The Morgan fingerprint density at radius 2 is 1.72 bits per heavy atom. The maximum absolute atomic E-state index is 11.3. The van der Waals surface area contributed by atoms with Gasteiger partial charge in [-0.05, 0) is 50.4 Å². The number of carbonyl (C=O) groups excluding carboxylic acids is 1. The number of carbonyl (C=O) groups is 1. The van der Waals surface area contributed by atoms with Crippen LogP contribution in [0.2, 0.25) is 0 Å². The van der Waals surface area contributed by atoms with Gasteiger partial charge in [0.2, 0.25) is 5.91 Å². The predicted octanol–water partition coefficient (Wildman–Crippen LogP) is 2.44. The molecule has 0 spiro atoms. The summed E-state index contributed by atoms with van der Waals surface area (Å²) in [6.45, 7) is 4.73. The molecule has 0 aliphatic heterocycles. The number of hydrogen-bond donors (Lipinski definition) is 2. The molecule has 18 heavy (non-hydrogen) atoms. The van der Waals surface area contributed by atoms with Crippen LogP contribution in [-0.2, 0) is 4.79 Å². The smallest absolute Gasteiger partial charge is 0.220 e. The molecule has 2 fully saturated rings.